The smallest absolute Gasteiger partial charge is 0.270 e. The summed E-state index contributed by atoms with van der Waals surface area (Å²) in [5.74, 6) is 0.575. The second-order valence-electron chi connectivity index (χ2n) is 7.54. The lowest BCUT2D eigenvalue weighted by Gasteiger charge is -2.39. The second kappa shape index (κ2) is 8.31. The first-order chi connectivity index (χ1) is 12.9. The third-order valence-corrected chi connectivity index (χ3v) is 5.24. The van der Waals surface area contributed by atoms with Crippen molar-refractivity contribution >= 4 is 34.6 Å². The molecular formula is C19H27N5O2S. The highest BCUT2D eigenvalue weighted by Crippen LogP contribution is 2.13. The Hall–Kier alpha value is -2.06. The van der Waals surface area contributed by atoms with E-state index in [1.165, 1.54) is 0 Å². The highest BCUT2D eigenvalue weighted by atomic mass is 32.2. The molecule has 2 aromatic rings. The third kappa shape index (κ3) is 5.01. The van der Waals surface area contributed by atoms with Crippen molar-refractivity contribution in [2.45, 2.75) is 19.4 Å². The summed E-state index contributed by atoms with van der Waals surface area (Å²) in [5, 5.41) is 4.08. The summed E-state index contributed by atoms with van der Waals surface area (Å²) < 4.78 is 0. The van der Waals surface area contributed by atoms with E-state index in [4.69, 9.17) is 0 Å². The average Bonchev–Trinajstić information content (AvgIpc) is 3.09. The van der Waals surface area contributed by atoms with Gasteiger partial charge in [-0.05, 0) is 38.3 Å². The van der Waals surface area contributed by atoms with Crippen LogP contribution in [0.4, 0.5) is 0 Å². The van der Waals surface area contributed by atoms with Gasteiger partial charge in [-0.1, -0.05) is 0 Å². The van der Waals surface area contributed by atoms with Gasteiger partial charge in [-0.2, -0.15) is 11.8 Å². The molecule has 1 fully saturated rings. The minimum absolute atomic E-state index is 0.176. The Bertz CT molecular complexity index is 811. The molecule has 1 aliphatic rings. The summed E-state index contributed by atoms with van der Waals surface area (Å²) in [6.07, 6.45) is 3.76. The molecule has 2 amide bonds. The predicted molar refractivity (Wildman–Crippen MR) is 109 cm³/mol. The first-order valence-corrected chi connectivity index (χ1v) is 10.5. The third-order valence-electron chi connectivity index (χ3n) is 4.71. The zero-order valence-electron chi connectivity index (χ0n) is 16.1. The summed E-state index contributed by atoms with van der Waals surface area (Å²) in [5.41, 5.74) is 0.728. The molecular weight excluding hydrogens is 362 g/mol. The molecule has 0 bridgehead atoms. The number of hydrogen-bond acceptors (Lipinski definition) is 5. The van der Waals surface area contributed by atoms with Crippen molar-refractivity contribution in [2.24, 2.45) is 0 Å². The molecule has 0 aliphatic carbocycles. The van der Waals surface area contributed by atoms with Crippen molar-refractivity contribution in [2.75, 3.05) is 44.7 Å². The van der Waals surface area contributed by atoms with E-state index >= 15 is 0 Å². The Labute approximate surface area is 163 Å². The molecule has 3 heterocycles. The lowest BCUT2D eigenvalue weighted by molar-refractivity contribution is -0.130. The molecule has 0 spiro atoms. The number of carbonyl (C=O) groups is 2. The van der Waals surface area contributed by atoms with Crippen molar-refractivity contribution in [3.63, 3.8) is 0 Å². The van der Waals surface area contributed by atoms with Crippen LogP contribution in [0.15, 0.2) is 24.4 Å². The highest BCUT2D eigenvalue weighted by molar-refractivity contribution is 7.99. The van der Waals surface area contributed by atoms with Gasteiger partial charge in [0.15, 0.2) is 0 Å². The molecule has 1 aliphatic heterocycles. The lowest BCUT2D eigenvalue weighted by atomic mass is 10.0. The van der Waals surface area contributed by atoms with E-state index in [-0.39, 0.29) is 11.8 Å². The number of piperazine rings is 1. The number of aromatic nitrogens is 2. The maximum absolute atomic E-state index is 12.6. The van der Waals surface area contributed by atoms with Gasteiger partial charge >= 0.3 is 0 Å². The summed E-state index contributed by atoms with van der Waals surface area (Å²) >= 11 is 1.56. The van der Waals surface area contributed by atoms with Gasteiger partial charge in [-0.25, -0.2) is 4.98 Å². The first kappa shape index (κ1) is 19.7. The van der Waals surface area contributed by atoms with Crippen molar-refractivity contribution in [1.82, 2.24) is 25.1 Å². The van der Waals surface area contributed by atoms with Crippen LogP contribution in [0.3, 0.4) is 0 Å². The monoisotopic (exact) mass is 389 g/mol. The van der Waals surface area contributed by atoms with Crippen LogP contribution in [-0.4, -0.2) is 81.9 Å². The SMILES string of the molecule is CSCC(=O)N1CCN(CC(C)(C)NC(=O)c2ccc3cc[nH]c3n2)CC1. The zero-order valence-corrected chi connectivity index (χ0v) is 16.9. The van der Waals surface area contributed by atoms with E-state index in [0.29, 0.717) is 17.1 Å². The average molecular weight is 390 g/mol. The molecule has 1 saturated heterocycles. The van der Waals surface area contributed by atoms with Crippen LogP contribution < -0.4 is 5.32 Å². The standard InChI is InChI=1S/C19H27N5O2S/c1-19(2,13-23-8-10-24(11-9-23)16(25)12-27-3)22-18(26)15-5-4-14-6-7-20-17(14)21-15/h4-7H,8-13H2,1-3H3,(H,20,21)(H,22,26). The van der Waals surface area contributed by atoms with Gasteiger partial charge in [0.1, 0.15) is 11.3 Å². The van der Waals surface area contributed by atoms with Crippen LogP contribution in [0.1, 0.15) is 24.3 Å². The number of aromatic amines is 1. The number of fused-ring (bicyclic) bond motifs is 1. The summed E-state index contributed by atoms with van der Waals surface area (Å²) in [6.45, 7) is 7.90. The molecule has 7 nitrogen and oxygen atoms in total. The van der Waals surface area contributed by atoms with E-state index in [1.54, 1.807) is 17.8 Å². The Morgan fingerprint density at radius 3 is 2.67 bits per heavy atom. The number of rotatable bonds is 6. The Balaban J connectivity index is 1.54. The van der Waals surface area contributed by atoms with Gasteiger partial charge < -0.3 is 15.2 Å². The summed E-state index contributed by atoms with van der Waals surface area (Å²) in [4.78, 5) is 36.2. The fourth-order valence-corrected chi connectivity index (χ4v) is 3.83. The number of amides is 2. The van der Waals surface area contributed by atoms with Gasteiger partial charge in [0.05, 0.1) is 5.75 Å². The quantitative estimate of drug-likeness (QED) is 0.784. The molecule has 2 N–H and O–H groups in total. The van der Waals surface area contributed by atoms with Gasteiger partial charge in [-0.15, -0.1) is 0 Å². The minimum atomic E-state index is -0.394. The Morgan fingerprint density at radius 2 is 1.96 bits per heavy atom. The van der Waals surface area contributed by atoms with Gasteiger partial charge in [0.2, 0.25) is 5.91 Å². The van der Waals surface area contributed by atoms with Crippen LogP contribution in [0, 0.1) is 0 Å². The van der Waals surface area contributed by atoms with E-state index in [2.05, 4.69) is 20.2 Å². The second-order valence-corrected chi connectivity index (χ2v) is 8.41. The first-order valence-electron chi connectivity index (χ1n) is 9.14. The molecule has 146 valence electrons. The number of hydrogen-bond donors (Lipinski definition) is 2. The number of thioether (sulfide) groups is 1. The minimum Gasteiger partial charge on any atom is -0.346 e. The van der Waals surface area contributed by atoms with E-state index in [0.717, 1.165) is 38.1 Å². The van der Waals surface area contributed by atoms with Crippen molar-refractivity contribution in [3.8, 4) is 0 Å². The number of carbonyl (C=O) groups excluding carboxylic acids is 2. The predicted octanol–water partition coefficient (Wildman–Crippen LogP) is 1.58. The molecule has 8 heteroatoms. The zero-order chi connectivity index (χ0) is 19.4. The maximum Gasteiger partial charge on any atom is 0.270 e. The topological polar surface area (TPSA) is 81.3 Å². The normalized spacial score (nSPS) is 15.9. The molecule has 27 heavy (non-hydrogen) atoms. The molecule has 0 aromatic carbocycles. The molecule has 0 atom stereocenters. The fourth-order valence-electron chi connectivity index (χ4n) is 3.40. The summed E-state index contributed by atoms with van der Waals surface area (Å²) in [7, 11) is 0. The van der Waals surface area contributed by atoms with Gasteiger partial charge in [-0.3, -0.25) is 14.5 Å². The number of nitrogens with zero attached hydrogens (tertiary/aromatic N) is 3. The van der Waals surface area contributed by atoms with Crippen molar-refractivity contribution < 1.29 is 9.59 Å². The molecule has 3 rings (SSSR count). The highest BCUT2D eigenvalue weighted by Gasteiger charge is 2.28. The Morgan fingerprint density at radius 1 is 1.22 bits per heavy atom. The molecule has 0 radical (unpaired) electrons. The maximum atomic E-state index is 12.6. The molecule has 0 saturated carbocycles. The van der Waals surface area contributed by atoms with E-state index in [1.807, 2.05) is 43.3 Å². The molecule has 2 aromatic heterocycles. The number of H-pyrrole nitrogens is 1. The van der Waals surface area contributed by atoms with Crippen molar-refractivity contribution in [3.05, 3.63) is 30.1 Å². The number of nitrogens with one attached hydrogen (secondary N) is 2. The van der Waals surface area contributed by atoms with Crippen LogP contribution in [0.2, 0.25) is 0 Å². The fraction of sp³-hybridized carbons (Fsp3) is 0.526. The van der Waals surface area contributed by atoms with E-state index < -0.39 is 5.54 Å². The van der Waals surface area contributed by atoms with Crippen LogP contribution in [0.25, 0.3) is 11.0 Å². The number of pyridine rings is 1. The summed E-state index contributed by atoms with van der Waals surface area (Å²) in [6, 6.07) is 5.57. The molecule has 0 unspecified atom stereocenters. The van der Waals surface area contributed by atoms with Gasteiger partial charge in [0, 0.05) is 49.8 Å². The van der Waals surface area contributed by atoms with E-state index in [9.17, 15) is 9.59 Å². The van der Waals surface area contributed by atoms with Gasteiger partial charge in [0.25, 0.3) is 5.91 Å². The largest absolute Gasteiger partial charge is 0.346 e. The lowest BCUT2D eigenvalue weighted by Crippen LogP contribution is -2.56. The van der Waals surface area contributed by atoms with Crippen LogP contribution in [-0.2, 0) is 4.79 Å². The van der Waals surface area contributed by atoms with Crippen LogP contribution in [0.5, 0.6) is 0 Å². The van der Waals surface area contributed by atoms with Crippen molar-refractivity contribution in [1.29, 1.82) is 0 Å². The van der Waals surface area contributed by atoms with Crippen LogP contribution >= 0.6 is 11.8 Å². The Kier molecular flexibility index (Phi) is 6.06.